The first kappa shape index (κ1) is 18.3. The Bertz CT molecular complexity index is 592. The Balaban J connectivity index is 2.02. The van der Waals surface area contributed by atoms with Gasteiger partial charge in [0.15, 0.2) is 5.60 Å². The van der Waals surface area contributed by atoms with Crippen molar-refractivity contribution in [1.82, 2.24) is 4.98 Å². The van der Waals surface area contributed by atoms with E-state index in [0.717, 1.165) is 7.11 Å². The highest BCUT2D eigenvalue weighted by Crippen LogP contribution is 2.41. The summed E-state index contributed by atoms with van der Waals surface area (Å²) in [5, 5.41) is 0. The van der Waals surface area contributed by atoms with Crippen molar-refractivity contribution in [3.05, 3.63) is 30.0 Å². The third kappa shape index (κ3) is 3.87. The molecule has 5 nitrogen and oxygen atoms in total. The van der Waals surface area contributed by atoms with Gasteiger partial charge in [-0.2, -0.15) is 13.2 Å². The Morgan fingerprint density at radius 1 is 1.29 bits per heavy atom. The van der Waals surface area contributed by atoms with E-state index in [1.807, 2.05) is 0 Å². The average molecular weight is 344 g/mol. The second-order valence-corrected chi connectivity index (χ2v) is 5.49. The van der Waals surface area contributed by atoms with Gasteiger partial charge in [-0.3, -0.25) is 0 Å². The van der Waals surface area contributed by atoms with E-state index >= 15 is 0 Å². The summed E-state index contributed by atoms with van der Waals surface area (Å²) in [6, 6.07) is 3.45. The Kier molecular flexibility index (Phi) is 5.48. The molecule has 1 saturated heterocycles. The molecule has 0 atom stereocenters. The number of carbonyl (C=O) groups excluding carboxylic acids is 1. The molecule has 132 valence electrons. The molecule has 24 heavy (non-hydrogen) atoms. The quantitative estimate of drug-likeness (QED) is 0.621. The SMILES string of the molecule is COC(=O)/C=C/c1ccc(N2CCC(OC)(C(F)(F)F)CC2)nc1. The van der Waals surface area contributed by atoms with Crippen LogP contribution in [0.3, 0.4) is 0 Å². The van der Waals surface area contributed by atoms with Crippen LogP contribution in [-0.2, 0) is 14.3 Å². The van der Waals surface area contributed by atoms with Crippen LogP contribution in [0, 0.1) is 0 Å². The Hall–Kier alpha value is -2.09. The number of piperidine rings is 1. The number of halogens is 3. The molecule has 1 aromatic rings. The Labute approximate surface area is 138 Å². The van der Waals surface area contributed by atoms with Crippen molar-refractivity contribution in [3.8, 4) is 0 Å². The van der Waals surface area contributed by atoms with Gasteiger partial charge in [-0.05, 0) is 23.8 Å². The fraction of sp³-hybridized carbons (Fsp3) is 0.500. The molecule has 0 amide bonds. The van der Waals surface area contributed by atoms with E-state index in [4.69, 9.17) is 4.74 Å². The third-order valence-electron chi connectivity index (χ3n) is 4.19. The smallest absolute Gasteiger partial charge is 0.417 e. The number of esters is 1. The molecule has 1 aliphatic rings. The van der Waals surface area contributed by atoms with E-state index in [1.54, 1.807) is 29.3 Å². The topological polar surface area (TPSA) is 51.7 Å². The molecule has 0 aromatic carbocycles. The molecule has 0 N–H and O–H groups in total. The molecule has 8 heteroatoms. The number of anilines is 1. The normalized spacial score (nSPS) is 18.0. The molecule has 1 aromatic heterocycles. The van der Waals surface area contributed by atoms with E-state index in [0.29, 0.717) is 11.4 Å². The monoisotopic (exact) mass is 344 g/mol. The third-order valence-corrected chi connectivity index (χ3v) is 4.19. The number of carbonyl (C=O) groups is 1. The molecule has 2 heterocycles. The summed E-state index contributed by atoms with van der Waals surface area (Å²) >= 11 is 0. The number of rotatable bonds is 4. The van der Waals surface area contributed by atoms with E-state index in [2.05, 4.69) is 9.72 Å². The first-order chi connectivity index (χ1) is 11.3. The van der Waals surface area contributed by atoms with Crippen molar-refractivity contribution >= 4 is 17.9 Å². The molecule has 0 bridgehead atoms. The molecule has 0 radical (unpaired) electrons. The number of nitrogens with zero attached hydrogens (tertiary/aromatic N) is 2. The number of pyridine rings is 1. The van der Waals surface area contributed by atoms with Crippen LogP contribution < -0.4 is 4.90 Å². The van der Waals surface area contributed by atoms with Gasteiger partial charge in [0.2, 0.25) is 0 Å². The fourth-order valence-corrected chi connectivity index (χ4v) is 2.62. The lowest BCUT2D eigenvalue weighted by molar-refractivity contribution is -0.276. The molecule has 0 saturated carbocycles. The summed E-state index contributed by atoms with van der Waals surface area (Å²) in [6.45, 7) is 0.412. The number of hydrogen-bond donors (Lipinski definition) is 0. The number of methoxy groups -OCH3 is 2. The lowest BCUT2D eigenvalue weighted by Crippen LogP contribution is -2.54. The molecule has 2 rings (SSSR count). The lowest BCUT2D eigenvalue weighted by Gasteiger charge is -2.42. The molecule has 1 aliphatic heterocycles. The maximum absolute atomic E-state index is 13.2. The minimum atomic E-state index is -4.39. The molecule has 0 spiro atoms. The van der Waals surface area contributed by atoms with Gasteiger partial charge in [-0.1, -0.05) is 0 Å². The summed E-state index contributed by atoms with van der Waals surface area (Å²) in [6.07, 6.45) is -0.288. The first-order valence-electron chi connectivity index (χ1n) is 7.40. The van der Waals surface area contributed by atoms with Crippen LogP contribution in [0.5, 0.6) is 0 Å². The van der Waals surface area contributed by atoms with Crippen LogP contribution in [0.15, 0.2) is 24.4 Å². The second-order valence-electron chi connectivity index (χ2n) is 5.49. The van der Waals surface area contributed by atoms with Gasteiger partial charge < -0.3 is 14.4 Å². The Morgan fingerprint density at radius 2 is 1.96 bits per heavy atom. The highest BCUT2D eigenvalue weighted by atomic mass is 19.4. The first-order valence-corrected chi connectivity index (χ1v) is 7.40. The van der Waals surface area contributed by atoms with Crippen LogP contribution in [-0.4, -0.2) is 50.0 Å². The van der Waals surface area contributed by atoms with Crippen molar-refractivity contribution < 1.29 is 27.4 Å². The lowest BCUT2D eigenvalue weighted by atomic mass is 9.90. The summed E-state index contributed by atoms with van der Waals surface area (Å²) in [4.78, 5) is 17.1. The minimum Gasteiger partial charge on any atom is -0.466 e. The van der Waals surface area contributed by atoms with Gasteiger partial charge in [0.05, 0.1) is 7.11 Å². The summed E-state index contributed by atoms with van der Waals surface area (Å²) in [5.41, 5.74) is -1.38. The van der Waals surface area contributed by atoms with Crippen molar-refractivity contribution in [2.75, 3.05) is 32.2 Å². The van der Waals surface area contributed by atoms with Crippen LogP contribution >= 0.6 is 0 Å². The summed E-state index contributed by atoms with van der Waals surface area (Å²) in [5.74, 6) is 0.121. The van der Waals surface area contributed by atoms with E-state index < -0.39 is 17.7 Å². The van der Waals surface area contributed by atoms with E-state index in [1.165, 1.54) is 13.2 Å². The van der Waals surface area contributed by atoms with Gasteiger partial charge in [-0.25, -0.2) is 9.78 Å². The van der Waals surface area contributed by atoms with Crippen molar-refractivity contribution in [2.45, 2.75) is 24.6 Å². The van der Waals surface area contributed by atoms with Gasteiger partial charge >= 0.3 is 12.1 Å². The van der Waals surface area contributed by atoms with E-state index in [9.17, 15) is 18.0 Å². The maximum Gasteiger partial charge on any atom is 0.417 e. The number of alkyl halides is 3. The van der Waals surface area contributed by atoms with Crippen molar-refractivity contribution in [2.24, 2.45) is 0 Å². The predicted octanol–water partition coefficient (Wildman–Crippen LogP) is 2.82. The Morgan fingerprint density at radius 3 is 2.42 bits per heavy atom. The molecular formula is C16H19F3N2O3. The van der Waals surface area contributed by atoms with E-state index in [-0.39, 0.29) is 25.9 Å². The highest BCUT2D eigenvalue weighted by Gasteiger charge is 2.56. The average Bonchev–Trinajstić information content (AvgIpc) is 2.59. The number of hydrogen-bond acceptors (Lipinski definition) is 5. The standard InChI is InChI=1S/C16H19F3N2O3/c1-23-14(22)6-4-12-3-5-13(20-11-12)21-9-7-15(24-2,8-10-21)16(17,18)19/h3-6,11H,7-10H2,1-2H3/b6-4+. The fourth-order valence-electron chi connectivity index (χ4n) is 2.62. The zero-order valence-electron chi connectivity index (χ0n) is 13.5. The predicted molar refractivity (Wildman–Crippen MR) is 82.5 cm³/mol. The van der Waals surface area contributed by atoms with Gasteiger partial charge in [-0.15, -0.1) is 0 Å². The second kappa shape index (κ2) is 7.21. The maximum atomic E-state index is 13.2. The zero-order chi connectivity index (χ0) is 17.8. The largest absolute Gasteiger partial charge is 0.466 e. The zero-order valence-corrected chi connectivity index (χ0v) is 13.5. The van der Waals surface area contributed by atoms with Crippen LogP contribution in [0.1, 0.15) is 18.4 Å². The molecular weight excluding hydrogens is 325 g/mol. The van der Waals surface area contributed by atoms with Gasteiger partial charge in [0.1, 0.15) is 5.82 Å². The number of ether oxygens (including phenoxy) is 2. The number of aromatic nitrogens is 1. The summed E-state index contributed by atoms with van der Waals surface area (Å²) in [7, 11) is 2.38. The molecule has 0 aliphatic carbocycles. The minimum absolute atomic E-state index is 0.140. The summed E-state index contributed by atoms with van der Waals surface area (Å²) < 4.78 is 48.7. The van der Waals surface area contributed by atoms with Crippen LogP contribution in [0.25, 0.3) is 6.08 Å². The van der Waals surface area contributed by atoms with Gasteiger partial charge in [0, 0.05) is 45.3 Å². The molecule has 1 fully saturated rings. The molecule has 0 unspecified atom stereocenters. The van der Waals surface area contributed by atoms with Crippen LogP contribution in [0.4, 0.5) is 19.0 Å². The van der Waals surface area contributed by atoms with Gasteiger partial charge in [0.25, 0.3) is 0 Å². The van der Waals surface area contributed by atoms with Crippen molar-refractivity contribution in [3.63, 3.8) is 0 Å². The highest BCUT2D eigenvalue weighted by molar-refractivity contribution is 5.86. The van der Waals surface area contributed by atoms with Crippen molar-refractivity contribution in [1.29, 1.82) is 0 Å². The van der Waals surface area contributed by atoms with Crippen LogP contribution in [0.2, 0.25) is 0 Å².